The van der Waals surface area contributed by atoms with Crippen molar-refractivity contribution in [2.24, 2.45) is 5.92 Å². The SMILES string of the molecule is Cc1cc(C)cc(OCC(=O)c2ccc3c(c2)N(Cc2nc(C(=O)NCC4CC4)co2)C(=O)CO3)c1. The number of hydrogen-bond acceptors (Lipinski definition) is 7. The Labute approximate surface area is 208 Å². The first-order chi connectivity index (χ1) is 17.4. The zero-order valence-electron chi connectivity index (χ0n) is 20.2. The van der Waals surface area contributed by atoms with Crippen molar-refractivity contribution in [3.05, 3.63) is 70.9 Å². The molecule has 1 saturated carbocycles. The Morgan fingerprint density at radius 1 is 1.14 bits per heavy atom. The number of aromatic nitrogens is 1. The minimum Gasteiger partial charge on any atom is -0.485 e. The molecule has 2 heterocycles. The van der Waals surface area contributed by atoms with E-state index >= 15 is 0 Å². The number of amides is 2. The van der Waals surface area contributed by atoms with E-state index in [0.717, 1.165) is 24.0 Å². The van der Waals surface area contributed by atoms with Gasteiger partial charge in [-0.05, 0) is 74.1 Å². The van der Waals surface area contributed by atoms with Gasteiger partial charge in [-0.15, -0.1) is 0 Å². The summed E-state index contributed by atoms with van der Waals surface area (Å²) in [6.45, 7) is 4.27. The Hall–Kier alpha value is -4.14. The molecule has 1 aliphatic heterocycles. The average Bonchev–Trinajstić information content (AvgIpc) is 3.57. The van der Waals surface area contributed by atoms with Crippen LogP contribution in [0.25, 0.3) is 0 Å². The number of nitrogens with zero attached hydrogens (tertiary/aromatic N) is 2. The summed E-state index contributed by atoms with van der Waals surface area (Å²) in [6.07, 6.45) is 3.55. The van der Waals surface area contributed by atoms with Gasteiger partial charge in [0.1, 0.15) is 24.3 Å². The van der Waals surface area contributed by atoms with Crippen LogP contribution in [0.5, 0.6) is 11.5 Å². The molecule has 2 aliphatic rings. The van der Waals surface area contributed by atoms with Crippen LogP contribution in [-0.4, -0.2) is 42.3 Å². The summed E-state index contributed by atoms with van der Waals surface area (Å²) in [4.78, 5) is 43.5. The number of benzene rings is 2. The lowest BCUT2D eigenvalue weighted by Crippen LogP contribution is -2.38. The molecule has 186 valence electrons. The van der Waals surface area contributed by atoms with Crippen molar-refractivity contribution in [2.45, 2.75) is 33.2 Å². The van der Waals surface area contributed by atoms with Gasteiger partial charge in [0, 0.05) is 12.1 Å². The smallest absolute Gasteiger partial charge is 0.273 e. The second kappa shape index (κ2) is 9.85. The lowest BCUT2D eigenvalue weighted by Gasteiger charge is -2.28. The molecule has 2 amide bonds. The maximum Gasteiger partial charge on any atom is 0.273 e. The fourth-order valence-electron chi connectivity index (χ4n) is 4.07. The highest BCUT2D eigenvalue weighted by Gasteiger charge is 2.29. The maximum absolute atomic E-state index is 12.9. The second-order valence-electron chi connectivity index (χ2n) is 9.27. The number of ketones is 1. The van der Waals surface area contributed by atoms with Gasteiger partial charge in [0.05, 0.1) is 5.69 Å². The van der Waals surface area contributed by atoms with Crippen molar-refractivity contribution in [1.29, 1.82) is 0 Å². The third-order valence-electron chi connectivity index (χ3n) is 6.12. The predicted octanol–water partition coefficient (Wildman–Crippen LogP) is 3.62. The number of oxazole rings is 1. The number of Topliss-reactive ketones (excluding diaryl/α,β-unsaturated/α-hetero) is 1. The maximum atomic E-state index is 12.9. The van der Waals surface area contributed by atoms with Crippen LogP contribution in [0, 0.1) is 19.8 Å². The molecule has 0 atom stereocenters. The van der Waals surface area contributed by atoms with Crippen LogP contribution in [0.15, 0.2) is 47.1 Å². The molecule has 3 aromatic rings. The number of nitrogens with one attached hydrogen (secondary N) is 1. The summed E-state index contributed by atoms with van der Waals surface area (Å²) in [5, 5.41) is 2.84. The quantitative estimate of drug-likeness (QED) is 0.457. The van der Waals surface area contributed by atoms with E-state index in [2.05, 4.69) is 10.3 Å². The van der Waals surface area contributed by atoms with Gasteiger partial charge in [-0.3, -0.25) is 19.3 Å². The molecule has 36 heavy (non-hydrogen) atoms. The van der Waals surface area contributed by atoms with Crippen LogP contribution in [0.4, 0.5) is 5.69 Å². The zero-order valence-corrected chi connectivity index (χ0v) is 20.2. The van der Waals surface area contributed by atoms with E-state index in [4.69, 9.17) is 13.9 Å². The fourth-order valence-corrected chi connectivity index (χ4v) is 4.07. The number of aryl methyl sites for hydroxylation is 2. The number of carbonyl (C=O) groups excluding carboxylic acids is 3. The van der Waals surface area contributed by atoms with E-state index in [1.807, 2.05) is 32.0 Å². The molecule has 0 spiro atoms. The minimum atomic E-state index is -0.309. The molecule has 2 aromatic carbocycles. The molecule has 1 aromatic heterocycles. The van der Waals surface area contributed by atoms with Gasteiger partial charge in [0.2, 0.25) is 5.89 Å². The Balaban J connectivity index is 1.29. The summed E-state index contributed by atoms with van der Waals surface area (Å²) in [6, 6.07) is 10.7. The summed E-state index contributed by atoms with van der Waals surface area (Å²) in [5.74, 6) is 1.00. The topological polar surface area (TPSA) is 111 Å². The Kier molecular flexibility index (Phi) is 6.45. The van der Waals surface area contributed by atoms with Gasteiger partial charge < -0.3 is 19.2 Å². The van der Waals surface area contributed by atoms with Crippen molar-refractivity contribution >= 4 is 23.3 Å². The minimum absolute atomic E-state index is 0.00180. The third kappa shape index (κ3) is 5.40. The zero-order chi connectivity index (χ0) is 25.2. The van der Waals surface area contributed by atoms with Crippen molar-refractivity contribution < 1.29 is 28.3 Å². The monoisotopic (exact) mass is 489 g/mol. The highest BCUT2D eigenvalue weighted by molar-refractivity contribution is 6.02. The lowest BCUT2D eigenvalue weighted by atomic mass is 10.1. The van der Waals surface area contributed by atoms with Crippen molar-refractivity contribution in [1.82, 2.24) is 10.3 Å². The summed E-state index contributed by atoms with van der Waals surface area (Å²) in [5.41, 5.74) is 3.08. The summed E-state index contributed by atoms with van der Waals surface area (Å²) < 4.78 is 16.7. The number of hydrogen-bond donors (Lipinski definition) is 1. The van der Waals surface area contributed by atoms with Crippen LogP contribution in [0.1, 0.15) is 50.7 Å². The largest absolute Gasteiger partial charge is 0.485 e. The van der Waals surface area contributed by atoms with Gasteiger partial charge in [-0.1, -0.05) is 6.07 Å². The first-order valence-corrected chi connectivity index (χ1v) is 11.9. The van der Waals surface area contributed by atoms with Crippen molar-refractivity contribution in [3.8, 4) is 11.5 Å². The molecule has 1 aliphatic carbocycles. The predicted molar refractivity (Wildman–Crippen MR) is 130 cm³/mol. The van der Waals surface area contributed by atoms with Crippen LogP contribution >= 0.6 is 0 Å². The average molecular weight is 490 g/mol. The second-order valence-corrected chi connectivity index (χ2v) is 9.27. The molecule has 0 saturated heterocycles. The number of ether oxygens (including phenoxy) is 2. The summed E-state index contributed by atoms with van der Waals surface area (Å²) >= 11 is 0. The molecular weight excluding hydrogens is 462 g/mol. The van der Waals surface area contributed by atoms with E-state index < -0.39 is 0 Å². The molecule has 9 nitrogen and oxygen atoms in total. The first kappa shape index (κ1) is 23.6. The Bertz CT molecular complexity index is 1310. The highest BCUT2D eigenvalue weighted by atomic mass is 16.5. The van der Waals surface area contributed by atoms with Gasteiger partial charge in [0.15, 0.2) is 24.7 Å². The highest BCUT2D eigenvalue weighted by Crippen LogP contribution is 2.34. The normalized spacial score (nSPS) is 14.7. The van der Waals surface area contributed by atoms with Crippen LogP contribution in [0.3, 0.4) is 0 Å². The van der Waals surface area contributed by atoms with E-state index in [0.29, 0.717) is 35.2 Å². The number of fused-ring (bicyclic) bond motifs is 1. The Morgan fingerprint density at radius 3 is 2.67 bits per heavy atom. The van der Waals surface area contributed by atoms with Gasteiger partial charge >= 0.3 is 0 Å². The molecular formula is C27H27N3O6. The standard InChI is InChI=1S/C27H27N3O6/c1-16-7-17(2)9-20(8-16)34-14-23(31)19-5-6-24-22(10-19)30(26(32)15-35-24)12-25-29-21(13-36-25)27(33)28-11-18-3-4-18/h5-10,13,18H,3-4,11-12,14-15H2,1-2H3,(H,28,33). The van der Waals surface area contributed by atoms with Crippen LogP contribution in [0.2, 0.25) is 0 Å². The third-order valence-corrected chi connectivity index (χ3v) is 6.12. The van der Waals surface area contributed by atoms with Crippen LogP contribution in [-0.2, 0) is 11.3 Å². The molecule has 0 radical (unpaired) electrons. The molecule has 9 heteroatoms. The Morgan fingerprint density at radius 2 is 1.92 bits per heavy atom. The lowest BCUT2D eigenvalue weighted by molar-refractivity contribution is -0.121. The molecule has 1 fully saturated rings. The van der Waals surface area contributed by atoms with Crippen molar-refractivity contribution in [2.75, 3.05) is 24.7 Å². The summed E-state index contributed by atoms with van der Waals surface area (Å²) in [7, 11) is 0. The fraction of sp³-hybridized carbons (Fsp3) is 0.333. The van der Waals surface area contributed by atoms with E-state index in [1.54, 1.807) is 18.2 Å². The number of carbonyl (C=O) groups is 3. The molecule has 5 rings (SSSR count). The van der Waals surface area contributed by atoms with Gasteiger partial charge in [-0.25, -0.2) is 4.98 Å². The van der Waals surface area contributed by atoms with Gasteiger partial charge in [0.25, 0.3) is 11.8 Å². The van der Waals surface area contributed by atoms with Crippen molar-refractivity contribution in [3.63, 3.8) is 0 Å². The first-order valence-electron chi connectivity index (χ1n) is 11.9. The number of anilines is 1. The van der Waals surface area contributed by atoms with Crippen LogP contribution < -0.4 is 19.7 Å². The van der Waals surface area contributed by atoms with E-state index in [-0.39, 0.29) is 48.9 Å². The molecule has 1 N–H and O–H groups in total. The van der Waals surface area contributed by atoms with E-state index in [9.17, 15) is 14.4 Å². The molecule has 0 unspecified atom stereocenters. The van der Waals surface area contributed by atoms with Gasteiger partial charge in [-0.2, -0.15) is 0 Å². The molecule has 0 bridgehead atoms. The number of rotatable bonds is 9. The van der Waals surface area contributed by atoms with E-state index in [1.165, 1.54) is 11.2 Å².